The molecule has 0 bridgehead atoms. The highest BCUT2D eigenvalue weighted by Crippen LogP contribution is 2.29. The second-order valence-electron chi connectivity index (χ2n) is 8.42. The van der Waals surface area contributed by atoms with Crippen LogP contribution in [0.15, 0.2) is 48.9 Å². The Hall–Kier alpha value is -3.47. The van der Waals surface area contributed by atoms with Crippen molar-refractivity contribution in [2.45, 2.75) is 25.6 Å². The molecule has 34 heavy (non-hydrogen) atoms. The van der Waals surface area contributed by atoms with Crippen LogP contribution in [-0.4, -0.2) is 66.5 Å². The minimum Gasteiger partial charge on any atom is -0.335 e. The number of carbonyl (C=O) groups is 2. The van der Waals surface area contributed by atoms with Crippen molar-refractivity contribution in [3.8, 4) is 5.69 Å². The summed E-state index contributed by atoms with van der Waals surface area (Å²) in [6.45, 7) is 3.97. The molecule has 178 valence electrons. The molecule has 0 unspecified atom stereocenters. The molecule has 3 aromatic rings. The SMILES string of the molecule is CC1(C)CN(C(=O)c2ccnc(C(F)(F)F)c2)CCN1C(=O)c1ncn(-c2cccc(Cl)c2)n1. The highest BCUT2D eigenvalue weighted by atomic mass is 35.5. The third-order valence-corrected chi connectivity index (χ3v) is 5.72. The first-order valence-electron chi connectivity index (χ1n) is 10.3. The third-order valence-electron chi connectivity index (χ3n) is 5.49. The van der Waals surface area contributed by atoms with Crippen molar-refractivity contribution in [3.05, 3.63) is 71.0 Å². The second kappa shape index (κ2) is 8.71. The maximum absolute atomic E-state index is 13.2. The zero-order chi connectivity index (χ0) is 24.7. The Balaban J connectivity index is 1.49. The number of hydrogen-bond acceptors (Lipinski definition) is 5. The lowest BCUT2D eigenvalue weighted by Gasteiger charge is -2.46. The Bertz CT molecular complexity index is 1240. The predicted molar refractivity (Wildman–Crippen MR) is 117 cm³/mol. The molecule has 1 saturated heterocycles. The van der Waals surface area contributed by atoms with Crippen LogP contribution in [0.3, 0.4) is 0 Å². The molecule has 0 saturated carbocycles. The molecule has 0 N–H and O–H groups in total. The van der Waals surface area contributed by atoms with Crippen LogP contribution in [-0.2, 0) is 6.18 Å². The maximum Gasteiger partial charge on any atom is 0.433 e. The topological polar surface area (TPSA) is 84.2 Å². The molecular formula is C22H20ClF3N6O2. The van der Waals surface area contributed by atoms with Gasteiger partial charge in [-0.2, -0.15) is 13.2 Å². The number of halogens is 4. The molecule has 2 amide bonds. The van der Waals surface area contributed by atoms with Crippen LogP contribution in [0.5, 0.6) is 0 Å². The zero-order valence-electron chi connectivity index (χ0n) is 18.3. The molecular weight excluding hydrogens is 473 g/mol. The number of aromatic nitrogens is 4. The summed E-state index contributed by atoms with van der Waals surface area (Å²) in [6.07, 6.45) is -2.28. The van der Waals surface area contributed by atoms with Gasteiger partial charge < -0.3 is 9.80 Å². The normalized spacial score (nSPS) is 15.9. The van der Waals surface area contributed by atoms with E-state index in [9.17, 15) is 22.8 Å². The fraction of sp³-hybridized carbons (Fsp3) is 0.318. The van der Waals surface area contributed by atoms with Crippen LogP contribution < -0.4 is 0 Å². The lowest BCUT2D eigenvalue weighted by molar-refractivity contribution is -0.141. The number of benzene rings is 1. The van der Waals surface area contributed by atoms with Crippen LogP contribution in [0.4, 0.5) is 13.2 Å². The van der Waals surface area contributed by atoms with Gasteiger partial charge in [-0.05, 0) is 44.2 Å². The Labute approximate surface area is 198 Å². The quantitative estimate of drug-likeness (QED) is 0.556. The molecule has 1 aliphatic rings. The van der Waals surface area contributed by atoms with E-state index in [1.807, 2.05) is 0 Å². The molecule has 0 aliphatic carbocycles. The van der Waals surface area contributed by atoms with E-state index in [0.29, 0.717) is 10.7 Å². The molecule has 4 rings (SSSR count). The van der Waals surface area contributed by atoms with Gasteiger partial charge in [0.05, 0.1) is 11.2 Å². The summed E-state index contributed by atoms with van der Waals surface area (Å²) in [5.41, 5.74) is -1.41. The highest BCUT2D eigenvalue weighted by molar-refractivity contribution is 6.30. The van der Waals surface area contributed by atoms with Crippen LogP contribution in [0.1, 0.15) is 40.5 Å². The molecule has 1 fully saturated rings. The van der Waals surface area contributed by atoms with E-state index >= 15 is 0 Å². The summed E-state index contributed by atoms with van der Waals surface area (Å²) in [5.74, 6) is -0.991. The maximum atomic E-state index is 13.2. The number of carbonyl (C=O) groups excluding carboxylic acids is 2. The molecule has 1 aromatic carbocycles. The smallest absolute Gasteiger partial charge is 0.335 e. The largest absolute Gasteiger partial charge is 0.433 e. The van der Waals surface area contributed by atoms with Crippen molar-refractivity contribution in [2.24, 2.45) is 0 Å². The highest BCUT2D eigenvalue weighted by Gasteiger charge is 2.40. The van der Waals surface area contributed by atoms with E-state index in [1.165, 1.54) is 22.0 Å². The van der Waals surface area contributed by atoms with Gasteiger partial charge >= 0.3 is 6.18 Å². The number of piperazine rings is 1. The summed E-state index contributed by atoms with van der Waals surface area (Å²) in [6, 6.07) is 8.90. The fourth-order valence-corrected chi connectivity index (χ4v) is 4.02. The van der Waals surface area contributed by atoms with Crippen molar-refractivity contribution >= 4 is 23.4 Å². The summed E-state index contributed by atoms with van der Waals surface area (Å²) in [7, 11) is 0. The average Bonchev–Trinajstić information content (AvgIpc) is 3.27. The minimum atomic E-state index is -4.65. The van der Waals surface area contributed by atoms with E-state index in [0.717, 1.165) is 12.3 Å². The number of hydrogen-bond donors (Lipinski definition) is 0. The Morgan fingerprint density at radius 3 is 2.50 bits per heavy atom. The number of nitrogens with zero attached hydrogens (tertiary/aromatic N) is 6. The first-order valence-corrected chi connectivity index (χ1v) is 10.7. The van der Waals surface area contributed by atoms with Crippen molar-refractivity contribution in [3.63, 3.8) is 0 Å². The summed E-state index contributed by atoms with van der Waals surface area (Å²) >= 11 is 6.01. The van der Waals surface area contributed by atoms with Crippen LogP contribution in [0.25, 0.3) is 5.69 Å². The predicted octanol–water partition coefficient (Wildman–Crippen LogP) is 3.71. The molecule has 8 nitrogen and oxygen atoms in total. The first kappa shape index (κ1) is 23.7. The Morgan fingerprint density at radius 2 is 1.82 bits per heavy atom. The van der Waals surface area contributed by atoms with Gasteiger partial charge in [-0.1, -0.05) is 17.7 Å². The van der Waals surface area contributed by atoms with Crippen molar-refractivity contribution in [1.29, 1.82) is 0 Å². The van der Waals surface area contributed by atoms with Crippen molar-refractivity contribution < 1.29 is 22.8 Å². The molecule has 12 heteroatoms. The number of alkyl halides is 3. The lowest BCUT2D eigenvalue weighted by Crippen LogP contribution is -2.62. The summed E-state index contributed by atoms with van der Waals surface area (Å²) < 4.78 is 40.4. The molecule has 0 spiro atoms. The van der Waals surface area contributed by atoms with Crippen molar-refractivity contribution in [2.75, 3.05) is 19.6 Å². The molecule has 0 atom stereocenters. The lowest BCUT2D eigenvalue weighted by atomic mass is 9.97. The third kappa shape index (κ3) is 4.74. The van der Waals surface area contributed by atoms with Gasteiger partial charge in [0.1, 0.15) is 12.0 Å². The first-order chi connectivity index (χ1) is 16.0. The Kier molecular flexibility index (Phi) is 6.07. The average molecular weight is 493 g/mol. The standard InChI is InChI=1S/C22H20ClF3N6O2/c1-21(2)12-30(19(33)14-6-7-27-17(10-14)22(24,25)26)8-9-31(21)20(34)18-28-13-32(29-18)16-5-3-4-15(23)11-16/h3-7,10-11,13H,8-9,12H2,1-2H3. The van der Waals surface area contributed by atoms with Gasteiger partial charge in [0.2, 0.25) is 5.82 Å². The number of pyridine rings is 1. The van der Waals surface area contributed by atoms with E-state index < -0.39 is 29.2 Å². The van der Waals surface area contributed by atoms with Crippen LogP contribution in [0.2, 0.25) is 5.02 Å². The van der Waals surface area contributed by atoms with E-state index in [-0.39, 0.29) is 31.0 Å². The van der Waals surface area contributed by atoms with Gasteiger partial charge in [-0.15, -0.1) is 5.10 Å². The Morgan fingerprint density at radius 1 is 1.06 bits per heavy atom. The minimum absolute atomic E-state index is 0.0169. The van der Waals surface area contributed by atoms with E-state index in [4.69, 9.17) is 11.6 Å². The summed E-state index contributed by atoms with van der Waals surface area (Å²) in [4.78, 5) is 36.4. The molecule has 1 aliphatic heterocycles. The molecule has 3 heterocycles. The zero-order valence-corrected chi connectivity index (χ0v) is 19.0. The monoisotopic (exact) mass is 492 g/mol. The molecule has 2 aromatic heterocycles. The van der Waals surface area contributed by atoms with Gasteiger partial charge in [-0.25, -0.2) is 9.67 Å². The molecule has 0 radical (unpaired) electrons. The van der Waals surface area contributed by atoms with Gasteiger partial charge in [0.25, 0.3) is 11.8 Å². The summed E-state index contributed by atoms with van der Waals surface area (Å²) in [5, 5.41) is 4.77. The number of rotatable bonds is 3. The van der Waals surface area contributed by atoms with Gasteiger partial charge in [0, 0.05) is 36.4 Å². The van der Waals surface area contributed by atoms with E-state index in [2.05, 4.69) is 15.1 Å². The fourth-order valence-electron chi connectivity index (χ4n) is 3.83. The van der Waals surface area contributed by atoms with Gasteiger partial charge in [0.15, 0.2) is 0 Å². The second-order valence-corrected chi connectivity index (χ2v) is 8.85. The van der Waals surface area contributed by atoms with Crippen LogP contribution in [0, 0.1) is 0 Å². The van der Waals surface area contributed by atoms with Gasteiger partial charge in [-0.3, -0.25) is 14.6 Å². The number of amides is 2. The van der Waals surface area contributed by atoms with Crippen molar-refractivity contribution in [1.82, 2.24) is 29.5 Å². The van der Waals surface area contributed by atoms with Crippen LogP contribution >= 0.6 is 11.6 Å². The van der Waals surface area contributed by atoms with E-state index in [1.54, 1.807) is 43.0 Å².